The lowest BCUT2D eigenvalue weighted by atomic mass is 10.3. The van der Waals surface area contributed by atoms with Crippen molar-refractivity contribution in [1.82, 2.24) is 4.98 Å². The smallest absolute Gasteiger partial charge is 0.267 e. The molecule has 5 N–H and O–H groups in total. The number of aromatic nitrogens is 1. The molecule has 0 aliphatic carbocycles. The number of amides is 1. The Balaban J connectivity index is 2.13. The lowest BCUT2D eigenvalue weighted by Crippen LogP contribution is -2.15. The van der Waals surface area contributed by atoms with E-state index in [0.29, 0.717) is 18.1 Å². The number of aryl methyl sites for hydroxylation is 1. The minimum Gasteiger partial charge on any atom is -0.396 e. The van der Waals surface area contributed by atoms with Crippen LogP contribution in [0, 0.1) is 6.92 Å². The van der Waals surface area contributed by atoms with Crippen molar-refractivity contribution in [1.29, 1.82) is 0 Å². The molecule has 0 bridgehead atoms. The van der Waals surface area contributed by atoms with Gasteiger partial charge in [-0.05, 0) is 31.2 Å². The molecule has 0 atom stereocenters. The summed E-state index contributed by atoms with van der Waals surface area (Å²) in [4.78, 5) is 17.6. The molecule has 0 saturated heterocycles. The Kier molecular flexibility index (Phi) is 3.47. The summed E-state index contributed by atoms with van der Waals surface area (Å²) >= 11 is 1.70. The average molecular weight is 262 g/mol. The fraction of sp³-hybridized carbons (Fsp3) is 0.167. The number of rotatable bonds is 4. The monoisotopic (exact) mass is 262 g/mol. The third-order valence-electron chi connectivity index (χ3n) is 2.40. The highest BCUT2D eigenvalue weighted by Crippen LogP contribution is 2.19. The number of nitrogen functional groups attached to an aromatic ring is 1. The molecule has 0 aliphatic rings. The molecule has 1 amide bonds. The van der Waals surface area contributed by atoms with Crippen LogP contribution in [0.5, 0.6) is 0 Å². The second kappa shape index (κ2) is 5.05. The number of hydrogen-bond donors (Lipinski definition) is 3. The Bertz CT molecular complexity index is 579. The van der Waals surface area contributed by atoms with Gasteiger partial charge in [-0.1, -0.05) is 0 Å². The quantitative estimate of drug-likeness (QED) is 0.782. The molecule has 18 heavy (non-hydrogen) atoms. The highest BCUT2D eigenvalue weighted by molar-refractivity contribution is 7.11. The number of anilines is 2. The summed E-state index contributed by atoms with van der Waals surface area (Å²) in [5.41, 5.74) is 11.7. The first-order valence-electron chi connectivity index (χ1n) is 5.42. The Hall–Kier alpha value is -2.08. The van der Waals surface area contributed by atoms with Crippen LogP contribution >= 0.6 is 11.3 Å². The molecular weight excluding hydrogens is 248 g/mol. The van der Waals surface area contributed by atoms with Crippen LogP contribution < -0.4 is 16.8 Å². The normalized spacial score (nSPS) is 10.3. The molecule has 2 aromatic heterocycles. The topological polar surface area (TPSA) is 94.0 Å². The van der Waals surface area contributed by atoms with E-state index in [4.69, 9.17) is 11.5 Å². The summed E-state index contributed by atoms with van der Waals surface area (Å²) in [6.07, 6.45) is 0. The van der Waals surface area contributed by atoms with Gasteiger partial charge in [0.25, 0.3) is 5.91 Å². The first kappa shape index (κ1) is 12.4. The number of carbonyl (C=O) groups is 1. The van der Waals surface area contributed by atoms with Crippen LogP contribution in [-0.2, 0) is 6.54 Å². The van der Waals surface area contributed by atoms with Gasteiger partial charge in [-0.3, -0.25) is 4.79 Å². The molecule has 5 nitrogen and oxygen atoms in total. The number of carbonyl (C=O) groups excluding carboxylic acids is 1. The van der Waals surface area contributed by atoms with Gasteiger partial charge in [0.2, 0.25) is 0 Å². The Morgan fingerprint density at radius 1 is 1.39 bits per heavy atom. The van der Waals surface area contributed by atoms with Crippen molar-refractivity contribution in [2.75, 3.05) is 11.1 Å². The number of pyridine rings is 1. The van der Waals surface area contributed by atoms with Crippen LogP contribution in [-0.4, -0.2) is 10.9 Å². The zero-order valence-electron chi connectivity index (χ0n) is 9.93. The van der Waals surface area contributed by atoms with Gasteiger partial charge in [0.15, 0.2) is 0 Å². The fourth-order valence-corrected chi connectivity index (χ4v) is 2.33. The van der Waals surface area contributed by atoms with Crippen molar-refractivity contribution in [3.05, 3.63) is 39.7 Å². The van der Waals surface area contributed by atoms with Crippen molar-refractivity contribution >= 4 is 28.7 Å². The summed E-state index contributed by atoms with van der Waals surface area (Å²) in [6.45, 7) is 2.67. The molecule has 0 radical (unpaired) electrons. The van der Waals surface area contributed by atoms with Crippen LogP contribution in [0.3, 0.4) is 0 Å². The zero-order valence-corrected chi connectivity index (χ0v) is 10.8. The van der Waals surface area contributed by atoms with E-state index in [1.54, 1.807) is 17.4 Å². The highest BCUT2D eigenvalue weighted by Gasteiger charge is 2.07. The predicted molar refractivity (Wildman–Crippen MR) is 73.6 cm³/mol. The van der Waals surface area contributed by atoms with Gasteiger partial charge in [0.05, 0.1) is 12.2 Å². The first-order valence-corrected chi connectivity index (χ1v) is 6.23. The van der Waals surface area contributed by atoms with Gasteiger partial charge in [-0.15, -0.1) is 11.3 Å². The van der Waals surface area contributed by atoms with Crippen LogP contribution in [0.1, 0.15) is 20.2 Å². The standard InChI is InChI=1S/C12H14N4OS/c1-7-2-3-8(18-7)6-15-12-9(13)4-5-10(16-12)11(14)17/h2-5H,6,13H2,1H3,(H2,14,17)(H,15,16). The van der Waals surface area contributed by atoms with Gasteiger partial charge < -0.3 is 16.8 Å². The average Bonchev–Trinajstić information content (AvgIpc) is 2.74. The van der Waals surface area contributed by atoms with E-state index < -0.39 is 5.91 Å². The van der Waals surface area contributed by atoms with E-state index in [1.807, 2.05) is 6.07 Å². The number of nitrogens with one attached hydrogen (secondary N) is 1. The minimum atomic E-state index is -0.565. The Morgan fingerprint density at radius 2 is 2.17 bits per heavy atom. The Labute approximate surface area is 109 Å². The number of nitrogens with zero attached hydrogens (tertiary/aromatic N) is 1. The SMILES string of the molecule is Cc1ccc(CNc2nc(C(N)=O)ccc2N)s1. The van der Waals surface area contributed by atoms with Gasteiger partial charge in [-0.2, -0.15) is 0 Å². The molecule has 0 spiro atoms. The molecule has 0 unspecified atom stereocenters. The van der Waals surface area contributed by atoms with Crippen molar-refractivity contribution < 1.29 is 4.79 Å². The third kappa shape index (κ3) is 2.78. The maximum atomic E-state index is 11.0. The molecule has 94 valence electrons. The maximum Gasteiger partial charge on any atom is 0.267 e. The van der Waals surface area contributed by atoms with Crippen LogP contribution in [0.25, 0.3) is 0 Å². The zero-order chi connectivity index (χ0) is 13.1. The van der Waals surface area contributed by atoms with E-state index in [0.717, 1.165) is 0 Å². The van der Waals surface area contributed by atoms with E-state index >= 15 is 0 Å². The van der Waals surface area contributed by atoms with Gasteiger partial charge in [0.1, 0.15) is 11.5 Å². The van der Waals surface area contributed by atoms with Crippen LogP contribution in [0.4, 0.5) is 11.5 Å². The largest absolute Gasteiger partial charge is 0.396 e. The van der Waals surface area contributed by atoms with E-state index in [2.05, 4.69) is 23.3 Å². The number of thiophene rings is 1. The molecule has 2 heterocycles. The van der Waals surface area contributed by atoms with Gasteiger partial charge in [0, 0.05) is 9.75 Å². The summed E-state index contributed by atoms with van der Waals surface area (Å²) in [7, 11) is 0. The van der Waals surface area contributed by atoms with Crippen LogP contribution in [0.2, 0.25) is 0 Å². The molecule has 0 fully saturated rings. The summed E-state index contributed by atoms with van der Waals surface area (Å²) < 4.78 is 0. The lowest BCUT2D eigenvalue weighted by Gasteiger charge is -2.08. The molecule has 0 aromatic carbocycles. The first-order chi connectivity index (χ1) is 8.56. The van der Waals surface area contributed by atoms with Gasteiger partial charge >= 0.3 is 0 Å². The van der Waals surface area contributed by atoms with E-state index in [1.165, 1.54) is 15.8 Å². The summed E-state index contributed by atoms with van der Waals surface area (Å²) in [6, 6.07) is 7.23. The highest BCUT2D eigenvalue weighted by atomic mass is 32.1. The van der Waals surface area contributed by atoms with Crippen molar-refractivity contribution in [2.45, 2.75) is 13.5 Å². The molecule has 6 heteroatoms. The minimum absolute atomic E-state index is 0.203. The Morgan fingerprint density at radius 3 is 2.78 bits per heavy atom. The fourth-order valence-electron chi connectivity index (χ4n) is 1.50. The number of nitrogens with two attached hydrogens (primary N) is 2. The molecule has 2 rings (SSSR count). The van der Waals surface area contributed by atoms with E-state index in [9.17, 15) is 4.79 Å². The van der Waals surface area contributed by atoms with Crippen molar-refractivity contribution in [3.8, 4) is 0 Å². The van der Waals surface area contributed by atoms with Crippen molar-refractivity contribution in [2.24, 2.45) is 5.73 Å². The number of hydrogen-bond acceptors (Lipinski definition) is 5. The van der Waals surface area contributed by atoms with Gasteiger partial charge in [-0.25, -0.2) is 4.98 Å². The van der Waals surface area contributed by atoms with Crippen LogP contribution in [0.15, 0.2) is 24.3 Å². The maximum absolute atomic E-state index is 11.0. The summed E-state index contributed by atoms with van der Waals surface area (Å²) in [5, 5.41) is 3.10. The lowest BCUT2D eigenvalue weighted by molar-refractivity contribution is 0.0996. The molecule has 0 aliphatic heterocycles. The third-order valence-corrected chi connectivity index (χ3v) is 3.41. The molecule has 0 saturated carbocycles. The molecular formula is C12H14N4OS. The van der Waals surface area contributed by atoms with Crippen molar-refractivity contribution in [3.63, 3.8) is 0 Å². The number of primary amides is 1. The molecule has 2 aromatic rings. The van der Waals surface area contributed by atoms with E-state index in [-0.39, 0.29) is 5.69 Å². The summed E-state index contributed by atoms with van der Waals surface area (Å²) in [5.74, 6) is -0.0811. The second-order valence-corrected chi connectivity index (χ2v) is 5.24. The second-order valence-electron chi connectivity index (χ2n) is 3.86. The predicted octanol–water partition coefficient (Wildman–Crippen LogP) is 1.74.